The molecule has 122 valence electrons. The molecule has 1 N–H and O–H groups in total. The fraction of sp³-hybridized carbons (Fsp3) is 0.0588. The average molecular weight is 406 g/mol. The second-order valence-electron chi connectivity index (χ2n) is 4.98. The van der Waals surface area contributed by atoms with Gasteiger partial charge < -0.3 is 15.2 Å². The molecule has 0 aliphatic rings. The molecule has 1 heterocycles. The molecule has 0 radical (unpaired) electrons. The van der Waals surface area contributed by atoms with Gasteiger partial charge >= 0.3 is 0 Å². The molecule has 3 aromatic rings. The third-order valence-corrected chi connectivity index (χ3v) is 4.71. The Bertz CT molecular complexity index is 863. The van der Waals surface area contributed by atoms with Gasteiger partial charge in [-0.25, -0.2) is 9.37 Å². The van der Waals surface area contributed by atoms with Crippen LogP contribution in [0, 0.1) is 5.82 Å². The summed E-state index contributed by atoms with van der Waals surface area (Å²) in [4.78, 5) is 16.0. The highest BCUT2D eigenvalue weighted by atomic mass is 79.9. The minimum atomic E-state index is -1.18. The molecule has 0 aliphatic heterocycles. The van der Waals surface area contributed by atoms with E-state index in [2.05, 4.69) is 26.2 Å². The minimum absolute atomic E-state index is 0.244. The minimum Gasteiger partial charge on any atom is -0.550 e. The van der Waals surface area contributed by atoms with Gasteiger partial charge in [0, 0.05) is 33.0 Å². The van der Waals surface area contributed by atoms with E-state index in [1.54, 1.807) is 12.1 Å². The van der Waals surface area contributed by atoms with Gasteiger partial charge in [-0.1, -0.05) is 15.9 Å². The van der Waals surface area contributed by atoms with Crippen molar-refractivity contribution in [3.05, 3.63) is 63.7 Å². The second kappa shape index (κ2) is 7.11. The predicted molar refractivity (Wildman–Crippen MR) is 93.6 cm³/mol. The average Bonchev–Trinajstić information content (AvgIpc) is 2.92. The maximum Gasteiger partial charge on any atom is 0.187 e. The first-order valence-corrected chi connectivity index (χ1v) is 8.60. The normalized spacial score (nSPS) is 10.6. The Hall–Kier alpha value is -2.25. The van der Waals surface area contributed by atoms with Crippen LogP contribution in [0.25, 0.3) is 11.3 Å². The first kappa shape index (κ1) is 16.6. The molecule has 24 heavy (non-hydrogen) atoms. The zero-order chi connectivity index (χ0) is 17.1. The number of carbonyl (C=O) groups is 1. The number of rotatable bonds is 5. The Morgan fingerprint density at radius 1 is 1.17 bits per heavy atom. The standard InChI is InChI=1S/C17H12BrFN2O2S/c18-11-3-7-13(8-4-11)20-17-21-16(14(24-17)9-15(22)23)10-1-5-12(19)6-2-10/h1-8H,9H2,(H,20,21)(H,22,23)/p-1. The van der Waals surface area contributed by atoms with Gasteiger partial charge in [-0.2, -0.15) is 0 Å². The SMILES string of the molecule is O=C([O-])Cc1sc(Nc2ccc(Br)cc2)nc1-c1ccc(F)cc1. The Kier molecular flexibility index (Phi) is 4.92. The van der Waals surface area contributed by atoms with E-state index in [9.17, 15) is 14.3 Å². The van der Waals surface area contributed by atoms with E-state index in [1.165, 1.54) is 23.5 Å². The Balaban J connectivity index is 1.94. The van der Waals surface area contributed by atoms with Crippen LogP contribution in [0.1, 0.15) is 4.88 Å². The number of nitrogens with zero attached hydrogens (tertiary/aromatic N) is 1. The Morgan fingerprint density at radius 3 is 2.46 bits per heavy atom. The molecule has 0 amide bonds. The number of carboxylic acids is 1. The predicted octanol–water partition coefficient (Wildman–Crippen LogP) is 3.75. The molecule has 7 heteroatoms. The van der Waals surface area contributed by atoms with Gasteiger partial charge in [0.15, 0.2) is 5.13 Å². The van der Waals surface area contributed by atoms with Gasteiger partial charge in [-0.15, -0.1) is 11.3 Å². The fourth-order valence-electron chi connectivity index (χ4n) is 2.15. The zero-order valence-electron chi connectivity index (χ0n) is 12.3. The third kappa shape index (κ3) is 3.98. The molecule has 0 saturated heterocycles. The van der Waals surface area contributed by atoms with E-state index >= 15 is 0 Å². The molecule has 0 spiro atoms. The van der Waals surface area contributed by atoms with E-state index in [-0.39, 0.29) is 12.2 Å². The summed E-state index contributed by atoms with van der Waals surface area (Å²) in [6, 6.07) is 13.3. The van der Waals surface area contributed by atoms with Gasteiger partial charge in [0.05, 0.1) is 5.69 Å². The van der Waals surface area contributed by atoms with E-state index < -0.39 is 5.97 Å². The lowest BCUT2D eigenvalue weighted by molar-refractivity contribution is -0.304. The van der Waals surface area contributed by atoms with Crippen molar-refractivity contribution in [2.45, 2.75) is 6.42 Å². The number of hydrogen-bond acceptors (Lipinski definition) is 5. The van der Waals surface area contributed by atoms with Crippen LogP contribution in [0.3, 0.4) is 0 Å². The quantitative estimate of drug-likeness (QED) is 0.701. The molecule has 3 rings (SSSR count). The molecule has 0 fully saturated rings. The number of thiazole rings is 1. The summed E-state index contributed by atoms with van der Waals surface area (Å²) in [5.74, 6) is -1.54. The first-order chi connectivity index (χ1) is 11.5. The monoisotopic (exact) mass is 405 g/mol. The van der Waals surface area contributed by atoms with Crippen molar-refractivity contribution in [2.24, 2.45) is 0 Å². The van der Waals surface area contributed by atoms with Crippen molar-refractivity contribution in [1.82, 2.24) is 4.98 Å². The summed E-state index contributed by atoms with van der Waals surface area (Å²) in [6.07, 6.45) is -0.244. The molecular formula is C17H11BrFN2O2S-. The number of halogens is 2. The summed E-state index contributed by atoms with van der Waals surface area (Å²) in [5.41, 5.74) is 2.01. The van der Waals surface area contributed by atoms with E-state index in [4.69, 9.17) is 0 Å². The molecule has 0 atom stereocenters. The molecule has 2 aromatic carbocycles. The van der Waals surface area contributed by atoms with Crippen LogP contribution in [-0.2, 0) is 11.2 Å². The van der Waals surface area contributed by atoms with Gasteiger partial charge in [0.25, 0.3) is 0 Å². The Labute approximate surface area is 150 Å². The fourth-order valence-corrected chi connectivity index (χ4v) is 3.40. The molecule has 4 nitrogen and oxygen atoms in total. The van der Waals surface area contributed by atoms with E-state index in [0.717, 1.165) is 10.2 Å². The number of carbonyl (C=O) groups excluding carboxylic acids is 1. The zero-order valence-corrected chi connectivity index (χ0v) is 14.7. The highest BCUT2D eigenvalue weighted by molar-refractivity contribution is 9.10. The summed E-state index contributed by atoms with van der Waals surface area (Å²) in [7, 11) is 0. The van der Waals surface area contributed by atoms with Crippen LogP contribution in [0.2, 0.25) is 0 Å². The first-order valence-electron chi connectivity index (χ1n) is 6.99. The number of nitrogens with one attached hydrogen (secondary N) is 1. The molecule has 0 bridgehead atoms. The smallest absolute Gasteiger partial charge is 0.187 e. The van der Waals surface area contributed by atoms with E-state index in [1.807, 2.05) is 24.3 Å². The Morgan fingerprint density at radius 2 is 1.83 bits per heavy atom. The van der Waals surface area contributed by atoms with Crippen molar-refractivity contribution in [2.75, 3.05) is 5.32 Å². The van der Waals surface area contributed by atoms with Crippen molar-refractivity contribution in [3.63, 3.8) is 0 Å². The van der Waals surface area contributed by atoms with Gasteiger partial charge in [0.1, 0.15) is 5.82 Å². The molecular weight excluding hydrogens is 395 g/mol. The van der Waals surface area contributed by atoms with Gasteiger partial charge in [-0.3, -0.25) is 0 Å². The van der Waals surface area contributed by atoms with Crippen molar-refractivity contribution >= 4 is 44.1 Å². The second-order valence-corrected chi connectivity index (χ2v) is 6.98. The number of anilines is 2. The van der Waals surface area contributed by atoms with Crippen LogP contribution in [0.15, 0.2) is 53.0 Å². The summed E-state index contributed by atoms with van der Waals surface area (Å²) < 4.78 is 14.1. The van der Waals surface area contributed by atoms with Crippen LogP contribution in [-0.4, -0.2) is 11.0 Å². The lowest BCUT2D eigenvalue weighted by atomic mass is 10.1. The van der Waals surface area contributed by atoms with Gasteiger partial charge in [-0.05, 0) is 48.5 Å². The summed E-state index contributed by atoms with van der Waals surface area (Å²) >= 11 is 4.60. The summed E-state index contributed by atoms with van der Waals surface area (Å²) in [6.45, 7) is 0. The lowest BCUT2D eigenvalue weighted by Gasteiger charge is -2.03. The molecule has 0 aliphatic carbocycles. The number of aliphatic carboxylic acids is 1. The molecule has 1 aromatic heterocycles. The third-order valence-electron chi connectivity index (χ3n) is 3.22. The number of aromatic nitrogens is 1. The van der Waals surface area contributed by atoms with Gasteiger partial charge in [0.2, 0.25) is 0 Å². The highest BCUT2D eigenvalue weighted by Crippen LogP contribution is 2.33. The largest absolute Gasteiger partial charge is 0.550 e. The molecule has 0 saturated carbocycles. The van der Waals surface area contributed by atoms with Crippen LogP contribution < -0.4 is 10.4 Å². The topological polar surface area (TPSA) is 65.0 Å². The maximum absolute atomic E-state index is 13.1. The highest BCUT2D eigenvalue weighted by Gasteiger charge is 2.14. The van der Waals surface area contributed by atoms with Crippen LogP contribution in [0.4, 0.5) is 15.2 Å². The number of hydrogen-bond donors (Lipinski definition) is 1. The van der Waals surface area contributed by atoms with Crippen molar-refractivity contribution < 1.29 is 14.3 Å². The maximum atomic E-state index is 13.1. The molecule has 0 unspecified atom stereocenters. The van der Waals surface area contributed by atoms with Crippen LogP contribution >= 0.6 is 27.3 Å². The van der Waals surface area contributed by atoms with E-state index in [0.29, 0.717) is 21.3 Å². The lowest BCUT2D eigenvalue weighted by Crippen LogP contribution is -2.24. The summed E-state index contributed by atoms with van der Waals surface area (Å²) in [5, 5.41) is 14.7. The van der Waals surface area contributed by atoms with Crippen LogP contribution in [0.5, 0.6) is 0 Å². The van der Waals surface area contributed by atoms with Crippen molar-refractivity contribution in [3.8, 4) is 11.3 Å². The number of carboxylic acid groups (broad SMARTS) is 1. The number of benzene rings is 2. The van der Waals surface area contributed by atoms with Crippen molar-refractivity contribution in [1.29, 1.82) is 0 Å².